The fraction of sp³-hybridized carbons (Fsp3) is 0.176. The zero-order valence-corrected chi connectivity index (χ0v) is 12.1. The van der Waals surface area contributed by atoms with Gasteiger partial charge in [-0.25, -0.2) is 0 Å². The van der Waals surface area contributed by atoms with Crippen LogP contribution in [-0.4, -0.2) is 20.0 Å². The van der Waals surface area contributed by atoms with Crippen LogP contribution in [0.3, 0.4) is 0 Å². The summed E-state index contributed by atoms with van der Waals surface area (Å²) in [7, 11) is 0. The maximum absolute atomic E-state index is 4.50. The van der Waals surface area contributed by atoms with Crippen LogP contribution < -0.4 is 0 Å². The minimum atomic E-state index is 0.677. The van der Waals surface area contributed by atoms with Crippen molar-refractivity contribution in [2.75, 3.05) is 0 Å². The first kappa shape index (κ1) is 12.1. The Labute approximate surface area is 122 Å². The van der Waals surface area contributed by atoms with Gasteiger partial charge in [0.05, 0.1) is 29.5 Å². The summed E-state index contributed by atoms with van der Waals surface area (Å²) in [6.07, 6.45) is 1.91. The number of aromatic amines is 1. The second kappa shape index (κ2) is 4.45. The highest BCUT2D eigenvalue weighted by Crippen LogP contribution is 2.21. The normalized spacial score (nSPS) is 11.5. The van der Waals surface area contributed by atoms with Gasteiger partial charge in [-0.05, 0) is 37.6 Å². The molecule has 0 amide bonds. The van der Waals surface area contributed by atoms with Crippen LogP contribution in [0.15, 0.2) is 42.6 Å². The van der Waals surface area contributed by atoms with E-state index in [0.717, 1.165) is 22.1 Å². The van der Waals surface area contributed by atoms with Crippen molar-refractivity contribution in [1.29, 1.82) is 0 Å². The Morgan fingerprint density at radius 3 is 2.76 bits per heavy atom. The van der Waals surface area contributed by atoms with E-state index in [-0.39, 0.29) is 0 Å². The predicted octanol–water partition coefficient (Wildman–Crippen LogP) is 3.58. The molecule has 1 N–H and O–H groups in total. The Bertz CT molecular complexity index is 868. The molecule has 4 heteroatoms. The second-order valence-corrected chi connectivity index (χ2v) is 5.58. The van der Waals surface area contributed by atoms with Gasteiger partial charge in [-0.1, -0.05) is 23.8 Å². The number of nitrogens with zero attached hydrogens (tertiary/aromatic N) is 3. The summed E-state index contributed by atoms with van der Waals surface area (Å²) in [6, 6.07) is 12.7. The summed E-state index contributed by atoms with van der Waals surface area (Å²) in [6.45, 7) is 4.88. The highest BCUT2D eigenvalue weighted by atomic mass is 15.3. The van der Waals surface area contributed by atoms with Crippen LogP contribution >= 0.6 is 0 Å². The molecule has 0 aliphatic heterocycles. The minimum Gasteiger partial charge on any atom is -0.277 e. The van der Waals surface area contributed by atoms with E-state index < -0.39 is 0 Å². The summed E-state index contributed by atoms with van der Waals surface area (Å²) in [5.74, 6) is 0. The van der Waals surface area contributed by atoms with Crippen LogP contribution in [0.1, 0.15) is 16.8 Å². The van der Waals surface area contributed by atoms with Crippen molar-refractivity contribution in [2.45, 2.75) is 20.4 Å². The van der Waals surface area contributed by atoms with Gasteiger partial charge in [-0.3, -0.25) is 9.78 Å². The molecule has 0 atom stereocenters. The van der Waals surface area contributed by atoms with E-state index in [0.29, 0.717) is 6.54 Å². The molecule has 0 fully saturated rings. The van der Waals surface area contributed by atoms with Gasteiger partial charge in [0.15, 0.2) is 0 Å². The van der Waals surface area contributed by atoms with Gasteiger partial charge in [0.1, 0.15) is 0 Å². The van der Waals surface area contributed by atoms with E-state index >= 15 is 0 Å². The molecule has 0 aliphatic rings. The largest absolute Gasteiger partial charge is 0.277 e. The number of H-pyrrole nitrogens is 1. The molecular formula is C17H16N4. The lowest BCUT2D eigenvalue weighted by Gasteiger charge is -2.03. The Balaban J connectivity index is 1.82. The van der Waals surface area contributed by atoms with Crippen molar-refractivity contribution in [2.24, 2.45) is 0 Å². The Morgan fingerprint density at radius 1 is 1.05 bits per heavy atom. The number of aromatic nitrogens is 4. The molecule has 4 aromatic rings. The maximum Gasteiger partial charge on any atom is 0.0916 e. The molecule has 0 spiro atoms. The molecule has 0 saturated carbocycles. The molecule has 2 aromatic carbocycles. The highest BCUT2D eigenvalue weighted by Gasteiger charge is 2.09. The van der Waals surface area contributed by atoms with Gasteiger partial charge in [-0.2, -0.15) is 10.2 Å². The average molecular weight is 276 g/mol. The molecule has 0 aliphatic carbocycles. The van der Waals surface area contributed by atoms with Gasteiger partial charge < -0.3 is 0 Å². The van der Waals surface area contributed by atoms with Crippen LogP contribution in [0, 0.1) is 13.8 Å². The van der Waals surface area contributed by atoms with Crippen molar-refractivity contribution in [3.63, 3.8) is 0 Å². The van der Waals surface area contributed by atoms with E-state index in [2.05, 4.69) is 65.5 Å². The lowest BCUT2D eigenvalue weighted by molar-refractivity contribution is 0.697. The standard InChI is InChI=1S/C17H16N4/c1-11-4-6-15-14(7-11)16(20-19-15)10-21-17-8-12(2)3-5-13(17)9-18-21/h3-9H,10H2,1-2H3,(H,19,20). The molecule has 104 valence electrons. The molecule has 4 rings (SSSR count). The van der Waals surface area contributed by atoms with Crippen LogP contribution in [0.25, 0.3) is 21.8 Å². The smallest absolute Gasteiger partial charge is 0.0916 e. The third-order valence-corrected chi connectivity index (χ3v) is 3.90. The van der Waals surface area contributed by atoms with Crippen LogP contribution in [0.2, 0.25) is 0 Å². The molecular weight excluding hydrogens is 260 g/mol. The molecule has 21 heavy (non-hydrogen) atoms. The number of nitrogens with one attached hydrogen (secondary N) is 1. The van der Waals surface area contributed by atoms with Crippen LogP contribution in [-0.2, 0) is 6.54 Å². The molecule has 0 unspecified atom stereocenters. The predicted molar refractivity (Wildman–Crippen MR) is 84.4 cm³/mol. The van der Waals surface area contributed by atoms with Gasteiger partial charge >= 0.3 is 0 Å². The fourth-order valence-electron chi connectivity index (χ4n) is 2.75. The van der Waals surface area contributed by atoms with Gasteiger partial charge in [0.2, 0.25) is 0 Å². The molecule has 2 heterocycles. The summed E-state index contributed by atoms with van der Waals surface area (Å²) in [5.41, 5.74) is 5.74. The molecule has 4 nitrogen and oxygen atoms in total. The summed E-state index contributed by atoms with van der Waals surface area (Å²) < 4.78 is 2.01. The summed E-state index contributed by atoms with van der Waals surface area (Å²) in [5, 5.41) is 14.4. The van der Waals surface area contributed by atoms with Gasteiger partial charge in [-0.15, -0.1) is 0 Å². The lowest BCUT2D eigenvalue weighted by atomic mass is 10.1. The van der Waals surface area contributed by atoms with Crippen molar-refractivity contribution < 1.29 is 0 Å². The van der Waals surface area contributed by atoms with Crippen molar-refractivity contribution in [3.05, 3.63) is 59.4 Å². The first-order valence-electron chi connectivity index (χ1n) is 7.06. The van der Waals surface area contributed by atoms with E-state index in [1.807, 2.05) is 10.9 Å². The van der Waals surface area contributed by atoms with E-state index in [1.54, 1.807) is 0 Å². The monoisotopic (exact) mass is 276 g/mol. The zero-order chi connectivity index (χ0) is 14.4. The average Bonchev–Trinajstić information content (AvgIpc) is 3.04. The summed E-state index contributed by atoms with van der Waals surface area (Å²) >= 11 is 0. The van der Waals surface area contributed by atoms with Gasteiger partial charge in [0, 0.05) is 10.8 Å². The number of fused-ring (bicyclic) bond motifs is 2. The molecule has 0 saturated heterocycles. The molecule has 0 bridgehead atoms. The third kappa shape index (κ3) is 2.00. The van der Waals surface area contributed by atoms with E-state index in [4.69, 9.17) is 0 Å². The van der Waals surface area contributed by atoms with Crippen molar-refractivity contribution in [3.8, 4) is 0 Å². The number of hydrogen-bond donors (Lipinski definition) is 1. The van der Waals surface area contributed by atoms with E-state index in [9.17, 15) is 0 Å². The first-order chi connectivity index (χ1) is 10.2. The lowest BCUT2D eigenvalue weighted by Crippen LogP contribution is -2.02. The summed E-state index contributed by atoms with van der Waals surface area (Å²) in [4.78, 5) is 0. The number of benzene rings is 2. The minimum absolute atomic E-state index is 0.677. The van der Waals surface area contributed by atoms with Crippen molar-refractivity contribution in [1.82, 2.24) is 20.0 Å². The number of hydrogen-bond acceptors (Lipinski definition) is 2. The highest BCUT2D eigenvalue weighted by molar-refractivity contribution is 5.83. The third-order valence-electron chi connectivity index (χ3n) is 3.90. The Morgan fingerprint density at radius 2 is 1.86 bits per heavy atom. The quantitative estimate of drug-likeness (QED) is 0.608. The molecule has 0 radical (unpaired) electrons. The van der Waals surface area contributed by atoms with Crippen molar-refractivity contribution >= 4 is 21.8 Å². The Hall–Kier alpha value is -2.62. The number of rotatable bonds is 2. The van der Waals surface area contributed by atoms with Crippen LogP contribution in [0.5, 0.6) is 0 Å². The number of aryl methyl sites for hydroxylation is 2. The maximum atomic E-state index is 4.50. The topological polar surface area (TPSA) is 46.5 Å². The second-order valence-electron chi connectivity index (χ2n) is 5.58. The van der Waals surface area contributed by atoms with Gasteiger partial charge in [0.25, 0.3) is 0 Å². The van der Waals surface area contributed by atoms with E-state index in [1.165, 1.54) is 16.5 Å². The molecule has 2 aromatic heterocycles. The SMILES string of the molecule is Cc1ccc2[nH]nc(Cn3ncc4ccc(C)cc43)c2c1. The van der Waals surface area contributed by atoms with Crippen LogP contribution in [0.4, 0.5) is 0 Å². The fourth-order valence-corrected chi connectivity index (χ4v) is 2.75. The first-order valence-corrected chi connectivity index (χ1v) is 7.06. The zero-order valence-electron chi connectivity index (χ0n) is 12.1. The Kier molecular flexibility index (Phi) is 2.57.